The first-order valence-electron chi connectivity index (χ1n) is 3.10. The Hall–Kier alpha value is 0.0300. The van der Waals surface area contributed by atoms with Crippen LogP contribution in [0.4, 0.5) is 0 Å². The van der Waals surface area contributed by atoms with Gasteiger partial charge in [-0.1, -0.05) is 19.1 Å². The van der Waals surface area contributed by atoms with Gasteiger partial charge in [-0.2, -0.15) is 0 Å². The topological polar surface area (TPSA) is 0 Å². The van der Waals surface area contributed by atoms with E-state index in [1.165, 1.54) is 6.42 Å². The number of alkyl halides is 1. The lowest BCUT2D eigenvalue weighted by Gasteiger charge is -2.15. The molecule has 0 unspecified atom stereocenters. The molecule has 1 heteroatoms. The predicted octanol–water partition coefficient (Wildman–Crippen LogP) is 2.58. The standard InChI is InChI=1S/C7H11Cl/c1-6-3-2-4-7(8)5-6/h2,4,6-7H,3,5H2,1H3/t6-,7+/m1/s1. The molecule has 0 bridgehead atoms. The zero-order chi connectivity index (χ0) is 5.98. The molecule has 46 valence electrons. The van der Waals surface area contributed by atoms with Gasteiger partial charge in [0.1, 0.15) is 0 Å². The fourth-order valence-corrected chi connectivity index (χ4v) is 1.42. The van der Waals surface area contributed by atoms with Crippen molar-refractivity contribution in [2.75, 3.05) is 0 Å². The van der Waals surface area contributed by atoms with Crippen LogP contribution in [0, 0.1) is 5.92 Å². The Morgan fingerprint density at radius 3 is 2.75 bits per heavy atom. The first-order chi connectivity index (χ1) is 3.79. The van der Waals surface area contributed by atoms with Crippen molar-refractivity contribution in [2.24, 2.45) is 5.92 Å². The number of hydrogen-bond donors (Lipinski definition) is 0. The highest BCUT2D eigenvalue weighted by Gasteiger charge is 2.09. The molecule has 8 heavy (non-hydrogen) atoms. The maximum Gasteiger partial charge on any atom is 0.0518 e. The second kappa shape index (κ2) is 2.54. The van der Waals surface area contributed by atoms with Crippen LogP contribution in [-0.4, -0.2) is 5.38 Å². The van der Waals surface area contributed by atoms with Crippen LogP contribution < -0.4 is 0 Å². The molecule has 1 aliphatic carbocycles. The molecule has 1 aliphatic rings. The molecule has 0 aromatic carbocycles. The lowest BCUT2D eigenvalue weighted by Crippen LogP contribution is -2.06. The zero-order valence-electron chi connectivity index (χ0n) is 5.10. The minimum Gasteiger partial charge on any atom is -0.118 e. The van der Waals surface area contributed by atoms with Crippen molar-refractivity contribution in [3.63, 3.8) is 0 Å². The first-order valence-corrected chi connectivity index (χ1v) is 3.53. The quantitative estimate of drug-likeness (QED) is 0.349. The van der Waals surface area contributed by atoms with Gasteiger partial charge in [0, 0.05) is 0 Å². The number of hydrogen-bond acceptors (Lipinski definition) is 0. The zero-order valence-corrected chi connectivity index (χ0v) is 5.86. The molecule has 0 nitrogen and oxygen atoms in total. The van der Waals surface area contributed by atoms with E-state index in [2.05, 4.69) is 19.1 Å². The maximum atomic E-state index is 5.82. The van der Waals surface area contributed by atoms with Crippen molar-refractivity contribution in [2.45, 2.75) is 25.1 Å². The molecule has 0 saturated heterocycles. The molecule has 0 fully saturated rings. The molecule has 0 saturated carbocycles. The van der Waals surface area contributed by atoms with Crippen molar-refractivity contribution in [3.8, 4) is 0 Å². The predicted molar refractivity (Wildman–Crippen MR) is 37.2 cm³/mol. The van der Waals surface area contributed by atoms with E-state index in [9.17, 15) is 0 Å². The summed E-state index contributed by atoms with van der Waals surface area (Å²) in [6, 6.07) is 0. The maximum absolute atomic E-state index is 5.82. The summed E-state index contributed by atoms with van der Waals surface area (Å²) in [5, 5.41) is 0.304. The second-order valence-corrected chi connectivity index (χ2v) is 3.08. The molecular formula is C7H11Cl. The van der Waals surface area contributed by atoms with Crippen molar-refractivity contribution >= 4 is 11.6 Å². The molecule has 0 aromatic rings. The molecule has 0 radical (unpaired) electrons. The normalized spacial score (nSPS) is 37.8. The summed E-state index contributed by atoms with van der Waals surface area (Å²) < 4.78 is 0. The van der Waals surface area contributed by atoms with Gasteiger partial charge >= 0.3 is 0 Å². The highest BCUT2D eigenvalue weighted by molar-refractivity contribution is 6.21. The summed E-state index contributed by atoms with van der Waals surface area (Å²) in [7, 11) is 0. The van der Waals surface area contributed by atoms with E-state index in [0.717, 1.165) is 12.3 Å². The third kappa shape index (κ3) is 1.52. The summed E-state index contributed by atoms with van der Waals surface area (Å²) in [4.78, 5) is 0. The summed E-state index contributed by atoms with van der Waals surface area (Å²) in [6.45, 7) is 2.24. The Kier molecular flexibility index (Phi) is 1.95. The number of halogens is 1. The van der Waals surface area contributed by atoms with Crippen LogP contribution in [0.2, 0.25) is 0 Å². The first kappa shape index (κ1) is 6.15. The van der Waals surface area contributed by atoms with Gasteiger partial charge in [-0.05, 0) is 18.8 Å². The molecule has 2 atom stereocenters. The molecule has 0 amide bonds. The van der Waals surface area contributed by atoms with E-state index < -0.39 is 0 Å². The summed E-state index contributed by atoms with van der Waals surface area (Å²) >= 11 is 5.82. The van der Waals surface area contributed by atoms with Gasteiger partial charge < -0.3 is 0 Å². The SMILES string of the molecule is C[C@@H]1CC=C[C@H](Cl)C1. The van der Waals surface area contributed by atoms with E-state index in [-0.39, 0.29) is 0 Å². The Balaban J connectivity index is 2.42. The summed E-state index contributed by atoms with van der Waals surface area (Å²) in [5.74, 6) is 0.794. The lowest BCUT2D eigenvalue weighted by atomic mass is 9.96. The van der Waals surface area contributed by atoms with E-state index >= 15 is 0 Å². The Bertz CT molecular complexity index is 96.6. The molecule has 1 rings (SSSR count). The van der Waals surface area contributed by atoms with Gasteiger partial charge in [0.15, 0.2) is 0 Å². The minimum atomic E-state index is 0.304. The highest BCUT2D eigenvalue weighted by atomic mass is 35.5. The van der Waals surface area contributed by atoms with Crippen molar-refractivity contribution in [3.05, 3.63) is 12.2 Å². The Morgan fingerprint density at radius 1 is 1.62 bits per heavy atom. The van der Waals surface area contributed by atoms with Crippen molar-refractivity contribution in [1.29, 1.82) is 0 Å². The molecule has 0 spiro atoms. The van der Waals surface area contributed by atoms with Gasteiger partial charge in [0.2, 0.25) is 0 Å². The summed E-state index contributed by atoms with van der Waals surface area (Å²) in [6.07, 6.45) is 6.62. The number of allylic oxidation sites excluding steroid dienone is 2. The third-order valence-corrected chi connectivity index (χ3v) is 1.83. The van der Waals surface area contributed by atoms with Crippen molar-refractivity contribution < 1.29 is 0 Å². The van der Waals surface area contributed by atoms with Crippen LogP contribution in [0.3, 0.4) is 0 Å². The Morgan fingerprint density at radius 2 is 2.38 bits per heavy atom. The Labute approximate surface area is 55.5 Å². The fourth-order valence-electron chi connectivity index (χ4n) is 1.02. The van der Waals surface area contributed by atoms with Crippen molar-refractivity contribution in [1.82, 2.24) is 0 Å². The van der Waals surface area contributed by atoms with Crippen LogP contribution >= 0.6 is 11.6 Å². The van der Waals surface area contributed by atoms with E-state index in [1.54, 1.807) is 0 Å². The molecular weight excluding hydrogens is 120 g/mol. The summed E-state index contributed by atoms with van der Waals surface area (Å²) in [5.41, 5.74) is 0. The molecule has 0 N–H and O–H groups in total. The van der Waals surface area contributed by atoms with E-state index in [1.807, 2.05) is 0 Å². The second-order valence-electron chi connectivity index (χ2n) is 2.52. The van der Waals surface area contributed by atoms with Crippen LogP contribution in [-0.2, 0) is 0 Å². The van der Waals surface area contributed by atoms with Gasteiger partial charge in [-0.3, -0.25) is 0 Å². The van der Waals surface area contributed by atoms with Crippen LogP contribution in [0.25, 0.3) is 0 Å². The van der Waals surface area contributed by atoms with E-state index in [0.29, 0.717) is 5.38 Å². The molecule has 0 aromatic heterocycles. The van der Waals surface area contributed by atoms with Gasteiger partial charge in [0.05, 0.1) is 5.38 Å². The largest absolute Gasteiger partial charge is 0.118 e. The molecule has 0 heterocycles. The van der Waals surface area contributed by atoms with Crippen LogP contribution in [0.5, 0.6) is 0 Å². The smallest absolute Gasteiger partial charge is 0.0518 e. The minimum absolute atomic E-state index is 0.304. The van der Waals surface area contributed by atoms with E-state index in [4.69, 9.17) is 11.6 Å². The van der Waals surface area contributed by atoms with Gasteiger partial charge in [-0.25, -0.2) is 0 Å². The average Bonchev–Trinajstić information content (AvgIpc) is 1.64. The van der Waals surface area contributed by atoms with Gasteiger partial charge in [-0.15, -0.1) is 11.6 Å². The van der Waals surface area contributed by atoms with Crippen LogP contribution in [0.1, 0.15) is 19.8 Å². The third-order valence-electron chi connectivity index (χ3n) is 1.51. The lowest BCUT2D eigenvalue weighted by molar-refractivity contribution is 0.531. The molecule has 0 aliphatic heterocycles. The average molecular weight is 131 g/mol. The number of rotatable bonds is 0. The monoisotopic (exact) mass is 130 g/mol. The highest BCUT2D eigenvalue weighted by Crippen LogP contribution is 2.20. The van der Waals surface area contributed by atoms with Crippen LogP contribution in [0.15, 0.2) is 12.2 Å². The van der Waals surface area contributed by atoms with Gasteiger partial charge in [0.25, 0.3) is 0 Å². The fraction of sp³-hybridized carbons (Fsp3) is 0.714.